The fourth-order valence-electron chi connectivity index (χ4n) is 1.73. The summed E-state index contributed by atoms with van der Waals surface area (Å²) in [5, 5.41) is 16.7. The summed E-state index contributed by atoms with van der Waals surface area (Å²) in [5.74, 6) is 0.0240. The van der Waals surface area contributed by atoms with Crippen LogP contribution in [0.4, 0.5) is 0 Å². The molecule has 0 amide bonds. The number of rotatable bonds is 4. The highest BCUT2D eigenvalue weighted by Gasteiger charge is 2.35. The first-order valence-corrected chi connectivity index (χ1v) is 6.56. The SMILES string of the molecule is CCC(C#N)S(=O)(=O)N1CCC(CO)C1. The number of aliphatic hydroxyl groups excluding tert-OH is 1. The number of nitrogens with zero attached hydrogens (tertiary/aromatic N) is 2. The van der Waals surface area contributed by atoms with E-state index in [9.17, 15) is 8.42 Å². The summed E-state index contributed by atoms with van der Waals surface area (Å²) in [7, 11) is -3.48. The predicted octanol–water partition coefficient (Wildman–Crippen LogP) is -0.0674. The van der Waals surface area contributed by atoms with Gasteiger partial charge in [0.15, 0.2) is 5.25 Å². The second kappa shape index (κ2) is 4.92. The van der Waals surface area contributed by atoms with Crippen LogP contribution in [0.25, 0.3) is 0 Å². The normalized spacial score (nSPS) is 25.0. The summed E-state index contributed by atoms with van der Waals surface area (Å²) >= 11 is 0. The van der Waals surface area contributed by atoms with Crippen molar-refractivity contribution in [2.24, 2.45) is 5.92 Å². The number of hydrogen-bond donors (Lipinski definition) is 1. The average molecular weight is 232 g/mol. The molecule has 1 aliphatic heterocycles. The fourth-order valence-corrected chi connectivity index (χ4v) is 3.42. The Bertz CT molecular complexity index is 347. The number of hydrogen-bond acceptors (Lipinski definition) is 4. The first kappa shape index (κ1) is 12.4. The highest BCUT2D eigenvalue weighted by atomic mass is 32.2. The zero-order valence-electron chi connectivity index (χ0n) is 8.76. The minimum absolute atomic E-state index is 0.00929. The van der Waals surface area contributed by atoms with Crippen molar-refractivity contribution in [1.29, 1.82) is 5.26 Å². The van der Waals surface area contributed by atoms with Crippen LogP contribution in [0.5, 0.6) is 0 Å². The van der Waals surface area contributed by atoms with Gasteiger partial charge < -0.3 is 5.11 Å². The van der Waals surface area contributed by atoms with Crippen LogP contribution in [0, 0.1) is 17.2 Å². The summed E-state index contributed by atoms with van der Waals surface area (Å²) < 4.78 is 25.1. The molecule has 0 saturated carbocycles. The third-order valence-corrected chi connectivity index (χ3v) is 4.95. The van der Waals surface area contributed by atoms with E-state index in [0.29, 0.717) is 25.9 Å². The number of sulfonamides is 1. The lowest BCUT2D eigenvalue weighted by Crippen LogP contribution is -2.36. The summed E-state index contributed by atoms with van der Waals surface area (Å²) in [6, 6.07) is 1.81. The van der Waals surface area contributed by atoms with Crippen molar-refractivity contribution in [2.45, 2.75) is 25.0 Å². The maximum atomic E-state index is 11.9. The molecule has 0 aromatic carbocycles. The average Bonchev–Trinajstić information content (AvgIpc) is 2.67. The minimum Gasteiger partial charge on any atom is -0.396 e. The Morgan fingerprint density at radius 1 is 1.67 bits per heavy atom. The number of aliphatic hydroxyl groups is 1. The molecule has 0 aromatic heterocycles. The summed E-state index contributed by atoms with van der Waals surface area (Å²) in [4.78, 5) is 0. The second-order valence-corrected chi connectivity index (χ2v) is 5.88. The lowest BCUT2D eigenvalue weighted by molar-refractivity contribution is 0.233. The van der Waals surface area contributed by atoms with E-state index >= 15 is 0 Å². The summed E-state index contributed by atoms with van der Waals surface area (Å²) in [6.07, 6.45) is 0.983. The molecule has 86 valence electrons. The van der Waals surface area contributed by atoms with Crippen molar-refractivity contribution in [3.63, 3.8) is 0 Å². The Morgan fingerprint density at radius 2 is 2.33 bits per heavy atom. The van der Waals surface area contributed by atoms with Crippen LogP contribution in [0.2, 0.25) is 0 Å². The van der Waals surface area contributed by atoms with Crippen molar-refractivity contribution in [1.82, 2.24) is 4.31 Å². The van der Waals surface area contributed by atoms with Crippen molar-refractivity contribution in [3.8, 4) is 6.07 Å². The summed E-state index contributed by atoms with van der Waals surface area (Å²) in [6.45, 7) is 2.46. The smallest absolute Gasteiger partial charge is 0.230 e. The zero-order chi connectivity index (χ0) is 11.5. The topological polar surface area (TPSA) is 81.4 Å². The van der Waals surface area contributed by atoms with Gasteiger partial charge in [0.25, 0.3) is 0 Å². The first-order valence-electron chi connectivity index (χ1n) is 5.05. The van der Waals surface area contributed by atoms with E-state index < -0.39 is 15.3 Å². The lowest BCUT2D eigenvalue weighted by atomic mass is 10.1. The van der Waals surface area contributed by atoms with Crippen LogP contribution >= 0.6 is 0 Å². The van der Waals surface area contributed by atoms with Gasteiger partial charge in [0.05, 0.1) is 6.07 Å². The van der Waals surface area contributed by atoms with E-state index in [1.807, 2.05) is 6.07 Å². The van der Waals surface area contributed by atoms with Gasteiger partial charge in [-0.1, -0.05) is 6.92 Å². The Labute approximate surface area is 90.4 Å². The van der Waals surface area contributed by atoms with Crippen LogP contribution in [0.3, 0.4) is 0 Å². The van der Waals surface area contributed by atoms with Crippen LogP contribution in [-0.2, 0) is 10.0 Å². The van der Waals surface area contributed by atoms with Crippen LogP contribution in [0.15, 0.2) is 0 Å². The van der Waals surface area contributed by atoms with Gasteiger partial charge in [0, 0.05) is 19.7 Å². The molecular weight excluding hydrogens is 216 g/mol. The minimum atomic E-state index is -3.48. The van der Waals surface area contributed by atoms with Gasteiger partial charge in [-0.2, -0.15) is 5.26 Å². The molecule has 6 heteroatoms. The Balaban J connectivity index is 2.76. The van der Waals surface area contributed by atoms with E-state index in [0.717, 1.165) is 0 Å². The van der Waals surface area contributed by atoms with Crippen LogP contribution in [-0.4, -0.2) is 42.8 Å². The highest BCUT2D eigenvalue weighted by Crippen LogP contribution is 2.22. The highest BCUT2D eigenvalue weighted by molar-refractivity contribution is 7.90. The maximum absolute atomic E-state index is 11.9. The van der Waals surface area contributed by atoms with Gasteiger partial charge in [-0.15, -0.1) is 0 Å². The largest absolute Gasteiger partial charge is 0.396 e. The standard InChI is InChI=1S/C9H16N2O3S/c1-2-9(5-10)15(13,14)11-4-3-8(6-11)7-12/h8-9,12H,2-4,6-7H2,1H3. The molecule has 0 bridgehead atoms. The van der Waals surface area contributed by atoms with Gasteiger partial charge in [-0.25, -0.2) is 12.7 Å². The molecule has 2 unspecified atom stereocenters. The monoisotopic (exact) mass is 232 g/mol. The lowest BCUT2D eigenvalue weighted by Gasteiger charge is -2.18. The van der Waals surface area contributed by atoms with Crippen LogP contribution < -0.4 is 0 Å². The van der Waals surface area contributed by atoms with Gasteiger partial charge in [0.1, 0.15) is 0 Å². The Morgan fingerprint density at radius 3 is 2.73 bits per heavy atom. The second-order valence-electron chi connectivity index (χ2n) is 3.77. The van der Waals surface area contributed by atoms with Crippen LogP contribution in [0.1, 0.15) is 19.8 Å². The molecule has 1 heterocycles. The molecule has 0 radical (unpaired) electrons. The zero-order valence-corrected chi connectivity index (χ0v) is 9.57. The van der Waals surface area contributed by atoms with E-state index in [1.54, 1.807) is 6.92 Å². The number of nitriles is 1. The van der Waals surface area contributed by atoms with E-state index in [4.69, 9.17) is 10.4 Å². The van der Waals surface area contributed by atoms with Gasteiger partial charge in [-0.3, -0.25) is 0 Å². The fraction of sp³-hybridized carbons (Fsp3) is 0.889. The van der Waals surface area contributed by atoms with E-state index in [2.05, 4.69) is 0 Å². The molecule has 0 spiro atoms. The molecule has 2 atom stereocenters. The van der Waals surface area contributed by atoms with Gasteiger partial charge in [0.2, 0.25) is 10.0 Å². The molecule has 5 nitrogen and oxygen atoms in total. The third kappa shape index (κ3) is 2.48. The summed E-state index contributed by atoms with van der Waals surface area (Å²) in [5.41, 5.74) is 0. The molecule has 0 aliphatic carbocycles. The Hall–Kier alpha value is -0.640. The molecule has 1 rings (SSSR count). The van der Waals surface area contributed by atoms with Gasteiger partial charge >= 0.3 is 0 Å². The first-order chi connectivity index (χ1) is 7.06. The van der Waals surface area contributed by atoms with E-state index in [-0.39, 0.29) is 12.5 Å². The van der Waals surface area contributed by atoms with Crippen molar-refractivity contribution >= 4 is 10.0 Å². The van der Waals surface area contributed by atoms with Crippen molar-refractivity contribution < 1.29 is 13.5 Å². The predicted molar refractivity (Wildman–Crippen MR) is 55.4 cm³/mol. The molecular formula is C9H16N2O3S. The molecule has 1 fully saturated rings. The quantitative estimate of drug-likeness (QED) is 0.735. The molecule has 1 aliphatic rings. The molecule has 1 saturated heterocycles. The third-order valence-electron chi connectivity index (χ3n) is 2.74. The molecule has 15 heavy (non-hydrogen) atoms. The molecule has 0 aromatic rings. The Kier molecular flexibility index (Phi) is 4.08. The molecule has 1 N–H and O–H groups in total. The van der Waals surface area contributed by atoms with Gasteiger partial charge in [-0.05, 0) is 18.8 Å². The van der Waals surface area contributed by atoms with Crippen molar-refractivity contribution in [3.05, 3.63) is 0 Å². The van der Waals surface area contributed by atoms with E-state index in [1.165, 1.54) is 4.31 Å². The maximum Gasteiger partial charge on any atom is 0.230 e. The van der Waals surface area contributed by atoms with Crippen molar-refractivity contribution in [2.75, 3.05) is 19.7 Å².